The zero-order valence-electron chi connectivity index (χ0n) is 12.6. The molecule has 2 aliphatic heterocycles. The molecule has 1 N–H and O–H groups in total. The number of hydrogen-bond donors (Lipinski definition) is 1. The van der Waals surface area contributed by atoms with E-state index < -0.39 is 0 Å². The van der Waals surface area contributed by atoms with Crippen LogP contribution in [0.2, 0.25) is 0 Å². The Hall–Kier alpha value is -2.60. The summed E-state index contributed by atoms with van der Waals surface area (Å²) >= 11 is 3.50. The zero-order chi connectivity index (χ0) is 16.1. The molecule has 5 nitrogen and oxygen atoms in total. The fraction of sp³-hybridized carbons (Fsp3) is 0.111. The number of anilines is 1. The molecule has 6 heteroatoms. The lowest BCUT2D eigenvalue weighted by molar-refractivity contribution is 0.328. The third-order valence-corrected chi connectivity index (χ3v) is 4.96. The van der Waals surface area contributed by atoms with E-state index in [2.05, 4.69) is 49.5 Å². The van der Waals surface area contributed by atoms with Crippen LogP contribution in [0.25, 0.3) is 5.70 Å². The average molecular weight is 381 g/mol. The van der Waals surface area contributed by atoms with Crippen LogP contribution in [-0.4, -0.2) is 21.4 Å². The van der Waals surface area contributed by atoms with Crippen molar-refractivity contribution < 1.29 is 4.74 Å². The first-order valence-corrected chi connectivity index (χ1v) is 8.48. The van der Waals surface area contributed by atoms with Crippen molar-refractivity contribution in [2.75, 3.05) is 11.9 Å². The quantitative estimate of drug-likeness (QED) is 0.696. The van der Waals surface area contributed by atoms with Crippen LogP contribution in [0.1, 0.15) is 17.2 Å². The van der Waals surface area contributed by atoms with Crippen LogP contribution in [0.4, 0.5) is 5.95 Å². The molecule has 0 aliphatic carbocycles. The minimum absolute atomic E-state index is 0.0276. The smallest absolute Gasteiger partial charge is 0.226 e. The molecule has 0 spiro atoms. The molecule has 1 unspecified atom stereocenters. The maximum absolute atomic E-state index is 5.99. The topological polar surface area (TPSA) is 52.0 Å². The number of fused-ring (bicyclic) bond motifs is 3. The van der Waals surface area contributed by atoms with E-state index in [4.69, 9.17) is 4.74 Å². The second-order valence-corrected chi connectivity index (χ2v) is 6.71. The zero-order valence-corrected chi connectivity index (χ0v) is 14.2. The molecule has 1 atom stereocenters. The Bertz CT molecular complexity index is 961. The third kappa shape index (κ3) is 1.99. The number of benzene rings is 2. The lowest BCUT2D eigenvalue weighted by Gasteiger charge is -2.34. The monoisotopic (exact) mass is 380 g/mol. The van der Waals surface area contributed by atoms with Gasteiger partial charge < -0.3 is 10.1 Å². The lowest BCUT2D eigenvalue weighted by Crippen LogP contribution is -2.30. The maximum Gasteiger partial charge on any atom is 0.226 e. The highest BCUT2D eigenvalue weighted by molar-refractivity contribution is 9.10. The second-order valence-electron chi connectivity index (χ2n) is 5.79. The Morgan fingerprint density at radius 3 is 2.83 bits per heavy atom. The molecule has 0 saturated heterocycles. The van der Waals surface area contributed by atoms with Crippen LogP contribution < -0.4 is 10.1 Å². The molecule has 1 aromatic heterocycles. The van der Waals surface area contributed by atoms with Gasteiger partial charge in [-0.3, -0.25) is 0 Å². The molecule has 3 aromatic rings. The van der Waals surface area contributed by atoms with E-state index in [-0.39, 0.29) is 6.04 Å². The van der Waals surface area contributed by atoms with Crippen molar-refractivity contribution in [3.63, 3.8) is 0 Å². The summed E-state index contributed by atoms with van der Waals surface area (Å²) in [5.41, 5.74) is 4.45. The van der Waals surface area contributed by atoms with E-state index in [1.54, 1.807) is 6.33 Å². The Morgan fingerprint density at radius 2 is 1.96 bits per heavy atom. The largest absolute Gasteiger partial charge is 0.488 e. The van der Waals surface area contributed by atoms with E-state index in [1.807, 2.05) is 35.0 Å². The first-order chi connectivity index (χ1) is 11.8. The Kier molecular flexibility index (Phi) is 2.99. The van der Waals surface area contributed by atoms with Crippen LogP contribution in [-0.2, 0) is 0 Å². The van der Waals surface area contributed by atoms with Crippen molar-refractivity contribution in [3.05, 3.63) is 76.0 Å². The predicted octanol–water partition coefficient (Wildman–Crippen LogP) is 3.86. The Morgan fingerprint density at radius 1 is 1.12 bits per heavy atom. The summed E-state index contributed by atoms with van der Waals surface area (Å²) in [5.74, 6) is 1.64. The standard InChI is InChI=1S/C18H13BrN4O/c19-12-7-5-11(6-8-12)17-14-9-24-15-4-2-1-3-13(15)16(14)22-18-20-10-21-23(17)18/h1-8,10,17H,9H2,(H,20,21,22). The van der Waals surface area contributed by atoms with Gasteiger partial charge in [0.1, 0.15) is 24.7 Å². The van der Waals surface area contributed by atoms with Crippen molar-refractivity contribution >= 4 is 27.6 Å². The highest BCUT2D eigenvalue weighted by atomic mass is 79.9. The number of rotatable bonds is 1. The normalized spacial score (nSPS) is 18.1. The number of nitrogens with zero attached hydrogens (tertiary/aromatic N) is 3. The highest BCUT2D eigenvalue weighted by Crippen LogP contribution is 2.43. The fourth-order valence-electron chi connectivity index (χ4n) is 3.34. The van der Waals surface area contributed by atoms with Crippen molar-refractivity contribution in [1.82, 2.24) is 14.8 Å². The Labute approximate surface area is 147 Å². The first-order valence-electron chi connectivity index (χ1n) is 7.68. The van der Waals surface area contributed by atoms with Gasteiger partial charge in [0.15, 0.2) is 0 Å². The molecule has 0 amide bonds. The van der Waals surface area contributed by atoms with Gasteiger partial charge in [0.05, 0.1) is 5.70 Å². The molecular formula is C18H13BrN4O. The minimum Gasteiger partial charge on any atom is -0.488 e. The summed E-state index contributed by atoms with van der Waals surface area (Å²) in [4.78, 5) is 4.37. The molecule has 2 aromatic carbocycles. The van der Waals surface area contributed by atoms with E-state index >= 15 is 0 Å². The van der Waals surface area contributed by atoms with Gasteiger partial charge in [-0.25, -0.2) is 4.68 Å². The van der Waals surface area contributed by atoms with Crippen molar-refractivity contribution in [3.8, 4) is 5.75 Å². The van der Waals surface area contributed by atoms with Gasteiger partial charge in [0.25, 0.3) is 0 Å². The number of ether oxygens (including phenoxy) is 1. The Balaban J connectivity index is 1.73. The van der Waals surface area contributed by atoms with Crippen LogP contribution in [0.5, 0.6) is 5.75 Å². The number of hydrogen-bond acceptors (Lipinski definition) is 4. The van der Waals surface area contributed by atoms with E-state index in [0.717, 1.165) is 38.6 Å². The fourth-order valence-corrected chi connectivity index (χ4v) is 3.60. The third-order valence-electron chi connectivity index (χ3n) is 4.43. The summed E-state index contributed by atoms with van der Waals surface area (Å²) in [5, 5.41) is 7.85. The summed E-state index contributed by atoms with van der Waals surface area (Å²) in [6.07, 6.45) is 1.58. The van der Waals surface area contributed by atoms with Gasteiger partial charge in [-0.1, -0.05) is 40.2 Å². The molecule has 0 radical (unpaired) electrons. The van der Waals surface area contributed by atoms with Crippen molar-refractivity contribution in [2.45, 2.75) is 6.04 Å². The molecule has 118 valence electrons. The van der Waals surface area contributed by atoms with E-state index in [9.17, 15) is 0 Å². The predicted molar refractivity (Wildman–Crippen MR) is 94.8 cm³/mol. The number of halogens is 1. The molecule has 0 saturated carbocycles. The molecular weight excluding hydrogens is 368 g/mol. The van der Waals surface area contributed by atoms with E-state index in [0.29, 0.717) is 6.61 Å². The van der Waals surface area contributed by atoms with Gasteiger partial charge >= 0.3 is 0 Å². The molecule has 24 heavy (non-hydrogen) atoms. The number of nitrogens with one attached hydrogen (secondary N) is 1. The molecule has 0 bridgehead atoms. The summed E-state index contributed by atoms with van der Waals surface area (Å²) in [7, 11) is 0. The van der Waals surface area contributed by atoms with Gasteiger partial charge in [0, 0.05) is 15.6 Å². The van der Waals surface area contributed by atoms with E-state index in [1.165, 1.54) is 0 Å². The first kappa shape index (κ1) is 13.8. The van der Waals surface area contributed by atoms with Crippen molar-refractivity contribution in [2.24, 2.45) is 0 Å². The number of para-hydroxylation sites is 1. The SMILES string of the molecule is Brc1ccc(C2C3=C(Nc4ncnn42)c2ccccc2OC3)cc1. The van der Waals surface area contributed by atoms with Gasteiger partial charge in [-0.15, -0.1) is 0 Å². The lowest BCUT2D eigenvalue weighted by atomic mass is 9.92. The molecule has 3 heterocycles. The van der Waals surface area contributed by atoms with Crippen LogP contribution >= 0.6 is 15.9 Å². The summed E-state index contributed by atoms with van der Waals surface area (Å²) in [6, 6.07) is 16.4. The van der Waals surface area contributed by atoms with Crippen LogP contribution in [0.3, 0.4) is 0 Å². The average Bonchev–Trinajstić information content (AvgIpc) is 3.09. The van der Waals surface area contributed by atoms with Crippen LogP contribution in [0.15, 0.2) is 64.9 Å². The van der Waals surface area contributed by atoms with Gasteiger partial charge in [-0.2, -0.15) is 10.1 Å². The number of aromatic nitrogens is 3. The highest BCUT2D eigenvalue weighted by Gasteiger charge is 2.34. The van der Waals surface area contributed by atoms with Gasteiger partial charge in [0.2, 0.25) is 5.95 Å². The second kappa shape index (κ2) is 5.21. The molecule has 2 aliphatic rings. The van der Waals surface area contributed by atoms with Crippen LogP contribution in [0, 0.1) is 0 Å². The summed E-state index contributed by atoms with van der Waals surface area (Å²) < 4.78 is 8.96. The maximum atomic E-state index is 5.99. The molecule has 5 rings (SSSR count). The van der Waals surface area contributed by atoms with Crippen molar-refractivity contribution in [1.29, 1.82) is 0 Å². The molecule has 0 fully saturated rings. The summed E-state index contributed by atoms with van der Waals surface area (Å²) in [6.45, 7) is 0.527. The minimum atomic E-state index is -0.0276. The van der Waals surface area contributed by atoms with Gasteiger partial charge in [-0.05, 0) is 29.8 Å².